The Morgan fingerprint density at radius 2 is 2.33 bits per heavy atom. The van der Waals surface area contributed by atoms with Crippen LogP contribution in [0.1, 0.15) is 32.1 Å². The number of rotatable bonds is 6. The Hall–Kier alpha value is -1.12. The van der Waals surface area contributed by atoms with E-state index >= 15 is 0 Å². The second-order valence-electron chi connectivity index (χ2n) is 4.84. The van der Waals surface area contributed by atoms with Gasteiger partial charge in [0.05, 0.1) is 19.1 Å². The molecule has 1 heterocycles. The minimum Gasteiger partial charge on any atom is -0.395 e. The summed E-state index contributed by atoms with van der Waals surface area (Å²) in [5.74, 6) is 0.0764. The van der Waals surface area contributed by atoms with E-state index in [9.17, 15) is 9.90 Å². The predicted octanol–water partition coefficient (Wildman–Crippen LogP) is 0.595. The molecule has 18 heavy (non-hydrogen) atoms. The fourth-order valence-corrected chi connectivity index (χ4v) is 2.33. The molecule has 1 N–H and O–H groups in total. The molecule has 0 bridgehead atoms. The lowest BCUT2D eigenvalue weighted by molar-refractivity contribution is -0.130. The first-order valence-electron chi connectivity index (χ1n) is 6.65. The number of carbonyl (C=O) groups excluding carboxylic acids is 1. The second kappa shape index (κ2) is 8.06. The van der Waals surface area contributed by atoms with E-state index in [1.807, 2.05) is 6.07 Å². The number of amides is 1. The maximum absolute atomic E-state index is 11.8. The van der Waals surface area contributed by atoms with Crippen LogP contribution in [0.2, 0.25) is 0 Å². The van der Waals surface area contributed by atoms with Crippen LogP contribution >= 0.6 is 0 Å². The Morgan fingerprint density at radius 3 is 3.00 bits per heavy atom. The summed E-state index contributed by atoms with van der Waals surface area (Å²) in [4.78, 5) is 15.6. The minimum atomic E-state index is 0.0764. The first-order valence-corrected chi connectivity index (χ1v) is 6.65. The third-order valence-corrected chi connectivity index (χ3v) is 3.56. The highest BCUT2D eigenvalue weighted by molar-refractivity contribution is 5.76. The molecule has 5 heteroatoms. The van der Waals surface area contributed by atoms with E-state index in [1.165, 1.54) is 0 Å². The quantitative estimate of drug-likeness (QED) is 0.752. The molecule has 1 aliphatic heterocycles. The van der Waals surface area contributed by atoms with E-state index in [2.05, 4.69) is 4.90 Å². The van der Waals surface area contributed by atoms with Crippen LogP contribution in [0.15, 0.2) is 0 Å². The van der Waals surface area contributed by atoms with E-state index < -0.39 is 0 Å². The molecule has 1 rings (SSSR count). The van der Waals surface area contributed by atoms with Gasteiger partial charge >= 0.3 is 0 Å². The van der Waals surface area contributed by atoms with Gasteiger partial charge in [0.2, 0.25) is 5.91 Å². The molecule has 0 spiro atoms. The number of nitriles is 1. The standard InChI is InChI=1S/C13H23N3O2/c1-15(8-4-7-14)13(18)6-10-16-9-3-2-5-12(16)11-17/h12,17H,2-6,8-11H2,1H3. The van der Waals surface area contributed by atoms with Gasteiger partial charge in [-0.3, -0.25) is 9.69 Å². The Morgan fingerprint density at radius 1 is 1.56 bits per heavy atom. The largest absolute Gasteiger partial charge is 0.395 e. The molecular formula is C13H23N3O2. The van der Waals surface area contributed by atoms with Gasteiger partial charge in [-0.1, -0.05) is 6.42 Å². The molecule has 1 unspecified atom stereocenters. The number of aliphatic hydroxyl groups is 1. The van der Waals surface area contributed by atoms with Crippen LogP contribution in [0.25, 0.3) is 0 Å². The third kappa shape index (κ3) is 4.63. The van der Waals surface area contributed by atoms with Crippen molar-refractivity contribution >= 4 is 5.91 Å². The van der Waals surface area contributed by atoms with Gasteiger partial charge in [0.15, 0.2) is 0 Å². The molecule has 0 aliphatic carbocycles. The minimum absolute atomic E-state index is 0.0764. The van der Waals surface area contributed by atoms with Crippen molar-refractivity contribution in [3.63, 3.8) is 0 Å². The summed E-state index contributed by atoms with van der Waals surface area (Å²) in [5.41, 5.74) is 0. The monoisotopic (exact) mass is 253 g/mol. The molecule has 0 radical (unpaired) electrons. The molecule has 1 amide bonds. The van der Waals surface area contributed by atoms with Crippen molar-refractivity contribution in [2.45, 2.75) is 38.1 Å². The van der Waals surface area contributed by atoms with Crippen LogP contribution in [-0.2, 0) is 4.79 Å². The summed E-state index contributed by atoms with van der Waals surface area (Å²) in [5, 5.41) is 17.8. The molecule has 1 fully saturated rings. The first kappa shape index (κ1) is 14.9. The van der Waals surface area contributed by atoms with Crippen molar-refractivity contribution in [1.29, 1.82) is 5.26 Å². The molecule has 1 saturated heterocycles. The number of hydrogen-bond donors (Lipinski definition) is 1. The summed E-state index contributed by atoms with van der Waals surface area (Å²) in [6, 6.07) is 2.26. The van der Waals surface area contributed by atoms with Gasteiger partial charge in [-0.2, -0.15) is 5.26 Å². The van der Waals surface area contributed by atoms with Crippen LogP contribution in [0.3, 0.4) is 0 Å². The van der Waals surface area contributed by atoms with Crippen molar-refractivity contribution in [1.82, 2.24) is 9.80 Å². The van der Waals surface area contributed by atoms with E-state index in [0.717, 1.165) is 25.8 Å². The molecule has 0 aromatic heterocycles. The number of carbonyl (C=O) groups is 1. The first-order chi connectivity index (χ1) is 8.69. The SMILES string of the molecule is CN(CCC#N)C(=O)CCN1CCCCC1CO. The summed E-state index contributed by atoms with van der Waals surface area (Å²) >= 11 is 0. The number of hydrogen-bond acceptors (Lipinski definition) is 4. The fourth-order valence-electron chi connectivity index (χ4n) is 2.33. The third-order valence-electron chi connectivity index (χ3n) is 3.56. The Bertz CT molecular complexity index is 301. The van der Waals surface area contributed by atoms with Crippen LogP contribution in [0.5, 0.6) is 0 Å². The van der Waals surface area contributed by atoms with Crippen molar-refractivity contribution in [3.05, 3.63) is 0 Å². The zero-order valence-electron chi connectivity index (χ0n) is 11.1. The molecule has 0 saturated carbocycles. The van der Waals surface area contributed by atoms with E-state index in [4.69, 9.17) is 5.26 Å². The zero-order chi connectivity index (χ0) is 13.4. The lowest BCUT2D eigenvalue weighted by atomic mass is 10.0. The van der Waals surface area contributed by atoms with Crippen molar-refractivity contribution < 1.29 is 9.90 Å². The maximum atomic E-state index is 11.8. The topological polar surface area (TPSA) is 67.6 Å². The molecular weight excluding hydrogens is 230 g/mol. The summed E-state index contributed by atoms with van der Waals surface area (Å²) < 4.78 is 0. The number of nitrogens with zero attached hydrogens (tertiary/aromatic N) is 3. The van der Waals surface area contributed by atoms with Gasteiger partial charge in [0, 0.05) is 32.6 Å². The fraction of sp³-hybridized carbons (Fsp3) is 0.846. The highest BCUT2D eigenvalue weighted by atomic mass is 16.3. The Labute approximate surface area is 109 Å². The Kier molecular flexibility index (Phi) is 6.69. The van der Waals surface area contributed by atoms with E-state index in [-0.39, 0.29) is 18.6 Å². The van der Waals surface area contributed by atoms with Crippen LogP contribution in [-0.4, -0.2) is 60.1 Å². The number of likely N-dealkylation sites (tertiary alicyclic amines) is 1. The van der Waals surface area contributed by atoms with Crippen molar-refractivity contribution in [3.8, 4) is 6.07 Å². The normalized spacial score (nSPS) is 20.4. The van der Waals surface area contributed by atoms with Crippen molar-refractivity contribution in [2.24, 2.45) is 0 Å². The van der Waals surface area contributed by atoms with Crippen molar-refractivity contribution in [2.75, 3.05) is 33.3 Å². The predicted molar refractivity (Wildman–Crippen MR) is 68.8 cm³/mol. The van der Waals surface area contributed by atoms with Gasteiger partial charge in [-0.15, -0.1) is 0 Å². The average Bonchev–Trinajstić information content (AvgIpc) is 2.42. The Balaban J connectivity index is 2.30. The van der Waals surface area contributed by atoms with Crippen LogP contribution in [0.4, 0.5) is 0 Å². The van der Waals surface area contributed by atoms with Gasteiger partial charge in [0.1, 0.15) is 0 Å². The van der Waals surface area contributed by atoms with Gasteiger partial charge in [-0.05, 0) is 19.4 Å². The van der Waals surface area contributed by atoms with Crippen LogP contribution < -0.4 is 0 Å². The summed E-state index contributed by atoms with van der Waals surface area (Å²) in [7, 11) is 1.74. The number of aliphatic hydroxyl groups excluding tert-OH is 1. The van der Waals surface area contributed by atoms with Gasteiger partial charge in [0.25, 0.3) is 0 Å². The zero-order valence-corrected chi connectivity index (χ0v) is 11.1. The highest BCUT2D eigenvalue weighted by Crippen LogP contribution is 2.16. The second-order valence-corrected chi connectivity index (χ2v) is 4.84. The number of piperidine rings is 1. The average molecular weight is 253 g/mol. The molecule has 1 atom stereocenters. The lowest BCUT2D eigenvalue weighted by Crippen LogP contribution is -2.43. The molecule has 1 aliphatic rings. The van der Waals surface area contributed by atoms with E-state index in [0.29, 0.717) is 25.9 Å². The summed E-state index contributed by atoms with van der Waals surface area (Å²) in [6.45, 7) is 2.36. The van der Waals surface area contributed by atoms with Gasteiger partial charge < -0.3 is 10.0 Å². The van der Waals surface area contributed by atoms with E-state index in [1.54, 1.807) is 11.9 Å². The lowest BCUT2D eigenvalue weighted by Gasteiger charge is -2.34. The highest BCUT2D eigenvalue weighted by Gasteiger charge is 2.22. The van der Waals surface area contributed by atoms with Crippen LogP contribution in [0, 0.1) is 11.3 Å². The molecule has 102 valence electrons. The smallest absolute Gasteiger partial charge is 0.223 e. The van der Waals surface area contributed by atoms with Gasteiger partial charge in [-0.25, -0.2) is 0 Å². The maximum Gasteiger partial charge on any atom is 0.223 e. The molecule has 0 aromatic rings. The molecule has 0 aromatic carbocycles. The molecule has 5 nitrogen and oxygen atoms in total. The summed E-state index contributed by atoms with van der Waals surface area (Å²) in [6.07, 6.45) is 4.19.